The Morgan fingerprint density at radius 1 is 1.11 bits per heavy atom. The minimum Gasteiger partial charge on any atom is -0.288 e. The molecule has 0 radical (unpaired) electrons. The average molecular weight is 346 g/mol. The van der Waals surface area contributed by atoms with E-state index >= 15 is 0 Å². The van der Waals surface area contributed by atoms with Gasteiger partial charge in [-0.3, -0.25) is 4.79 Å². The van der Waals surface area contributed by atoms with Crippen molar-refractivity contribution in [1.82, 2.24) is 0 Å². The van der Waals surface area contributed by atoms with Crippen molar-refractivity contribution in [3.05, 3.63) is 68.2 Å². The lowest BCUT2D eigenvalue weighted by molar-refractivity contribution is 0.103. The van der Waals surface area contributed by atoms with Crippen LogP contribution in [0.3, 0.4) is 0 Å². The molecule has 2 rings (SSSR count). The van der Waals surface area contributed by atoms with Crippen LogP contribution < -0.4 is 0 Å². The van der Waals surface area contributed by atoms with Gasteiger partial charge in [-0.15, -0.1) is 0 Å². The summed E-state index contributed by atoms with van der Waals surface area (Å²) in [6.45, 7) is 1.44. The number of hydrogen-bond acceptors (Lipinski definition) is 1. The summed E-state index contributed by atoms with van der Waals surface area (Å²) in [4.78, 5) is 12.2. The standard InChI is InChI=1S/C14H8BrClF2O/c1-7-4-13(18)10(6-12(7)17)14(19)9-3-2-8(16)5-11(9)15/h2-6H,1H3. The van der Waals surface area contributed by atoms with E-state index in [2.05, 4.69) is 15.9 Å². The Morgan fingerprint density at radius 2 is 1.79 bits per heavy atom. The molecule has 2 aromatic rings. The van der Waals surface area contributed by atoms with Crippen LogP contribution in [-0.2, 0) is 0 Å². The minimum absolute atomic E-state index is 0.157. The first-order valence-electron chi connectivity index (χ1n) is 5.35. The highest BCUT2D eigenvalue weighted by Gasteiger charge is 2.18. The van der Waals surface area contributed by atoms with Gasteiger partial charge in [0.15, 0.2) is 5.78 Å². The minimum atomic E-state index is -0.745. The molecule has 0 aliphatic rings. The zero-order chi connectivity index (χ0) is 14.2. The van der Waals surface area contributed by atoms with Crippen molar-refractivity contribution in [2.75, 3.05) is 0 Å². The van der Waals surface area contributed by atoms with Gasteiger partial charge in [0, 0.05) is 15.1 Å². The fraction of sp³-hybridized carbons (Fsp3) is 0.0714. The topological polar surface area (TPSA) is 17.1 Å². The van der Waals surface area contributed by atoms with E-state index in [1.165, 1.54) is 25.1 Å². The summed E-state index contributed by atoms with van der Waals surface area (Å²) in [5, 5.41) is 0.444. The van der Waals surface area contributed by atoms with Crippen LogP contribution in [-0.4, -0.2) is 5.78 Å². The Bertz CT molecular complexity index is 671. The SMILES string of the molecule is Cc1cc(F)c(C(=O)c2ccc(Cl)cc2Br)cc1F. The van der Waals surface area contributed by atoms with Gasteiger partial charge < -0.3 is 0 Å². The first-order valence-corrected chi connectivity index (χ1v) is 6.52. The zero-order valence-corrected chi connectivity index (χ0v) is 12.1. The first kappa shape index (κ1) is 14.2. The molecule has 0 fully saturated rings. The fourth-order valence-corrected chi connectivity index (χ4v) is 2.50. The third-order valence-electron chi connectivity index (χ3n) is 2.67. The number of ketones is 1. The fourth-order valence-electron chi connectivity index (χ4n) is 1.64. The number of rotatable bonds is 2. The van der Waals surface area contributed by atoms with Crippen molar-refractivity contribution in [2.45, 2.75) is 6.92 Å². The van der Waals surface area contributed by atoms with Gasteiger partial charge in [0.1, 0.15) is 11.6 Å². The van der Waals surface area contributed by atoms with Crippen LogP contribution in [0.2, 0.25) is 5.02 Å². The van der Waals surface area contributed by atoms with Gasteiger partial charge in [-0.25, -0.2) is 8.78 Å². The highest BCUT2D eigenvalue weighted by atomic mass is 79.9. The van der Waals surface area contributed by atoms with Crippen LogP contribution in [0.5, 0.6) is 0 Å². The van der Waals surface area contributed by atoms with E-state index in [0.717, 1.165) is 12.1 Å². The van der Waals surface area contributed by atoms with Crippen LogP contribution in [0.15, 0.2) is 34.8 Å². The van der Waals surface area contributed by atoms with E-state index in [0.29, 0.717) is 9.50 Å². The van der Waals surface area contributed by atoms with Crippen molar-refractivity contribution >= 4 is 33.3 Å². The van der Waals surface area contributed by atoms with Crippen LogP contribution in [0.25, 0.3) is 0 Å². The van der Waals surface area contributed by atoms with Gasteiger partial charge in [-0.2, -0.15) is 0 Å². The molecule has 0 aliphatic carbocycles. The molecule has 0 unspecified atom stereocenters. The van der Waals surface area contributed by atoms with Crippen LogP contribution >= 0.6 is 27.5 Å². The molecule has 0 saturated carbocycles. The maximum atomic E-state index is 13.7. The van der Waals surface area contributed by atoms with Gasteiger partial charge in [-0.1, -0.05) is 11.6 Å². The van der Waals surface area contributed by atoms with E-state index in [1.54, 1.807) is 0 Å². The maximum absolute atomic E-state index is 13.7. The molecule has 0 heterocycles. The van der Waals surface area contributed by atoms with Crippen molar-refractivity contribution in [1.29, 1.82) is 0 Å². The maximum Gasteiger partial charge on any atom is 0.197 e. The predicted molar refractivity (Wildman–Crippen MR) is 73.7 cm³/mol. The lowest BCUT2D eigenvalue weighted by Crippen LogP contribution is -2.06. The molecular formula is C14H8BrClF2O. The molecule has 0 spiro atoms. The number of halogens is 4. The van der Waals surface area contributed by atoms with Crippen molar-refractivity contribution in [3.8, 4) is 0 Å². The third kappa shape index (κ3) is 2.85. The summed E-state index contributed by atoms with van der Waals surface area (Å²) in [7, 11) is 0. The van der Waals surface area contributed by atoms with Crippen molar-refractivity contribution in [3.63, 3.8) is 0 Å². The molecule has 1 nitrogen and oxygen atoms in total. The highest BCUT2D eigenvalue weighted by Crippen LogP contribution is 2.25. The molecular weight excluding hydrogens is 338 g/mol. The Kier molecular flexibility index (Phi) is 4.02. The molecule has 0 amide bonds. The first-order chi connectivity index (χ1) is 8.90. The lowest BCUT2D eigenvalue weighted by atomic mass is 10.0. The number of aryl methyl sites for hydroxylation is 1. The van der Waals surface area contributed by atoms with Crippen LogP contribution in [0.4, 0.5) is 8.78 Å². The average Bonchev–Trinajstić information content (AvgIpc) is 2.33. The number of carbonyl (C=O) groups is 1. The molecule has 0 saturated heterocycles. The molecule has 98 valence electrons. The molecule has 0 N–H and O–H groups in total. The van der Waals surface area contributed by atoms with E-state index < -0.39 is 17.4 Å². The molecule has 0 aromatic heterocycles. The monoisotopic (exact) mass is 344 g/mol. The van der Waals surface area contributed by atoms with E-state index in [9.17, 15) is 13.6 Å². The van der Waals surface area contributed by atoms with Gasteiger partial charge in [-0.05, 0) is 58.7 Å². The van der Waals surface area contributed by atoms with E-state index in [1.807, 2.05) is 0 Å². The van der Waals surface area contributed by atoms with Crippen LogP contribution in [0, 0.1) is 18.6 Å². The van der Waals surface area contributed by atoms with Crippen LogP contribution in [0.1, 0.15) is 21.5 Å². The summed E-state index contributed by atoms with van der Waals surface area (Å²) in [6.07, 6.45) is 0. The normalized spacial score (nSPS) is 10.6. The van der Waals surface area contributed by atoms with Gasteiger partial charge >= 0.3 is 0 Å². The number of benzene rings is 2. The number of carbonyl (C=O) groups excluding carboxylic acids is 1. The summed E-state index contributed by atoms with van der Waals surface area (Å²) in [6, 6.07) is 6.42. The zero-order valence-electron chi connectivity index (χ0n) is 9.81. The van der Waals surface area contributed by atoms with Crippen molar-refractivity contribution < 1.29 is 13.6 Å². The highest BCUT2D eigenvalue weighted by molar-refractivity contribution is 9.10. The second-order valence-corrected chi connectivity index (χ2v) is 5.33. The Hall–Kier alpha value is -1.26. The Labute approximate surface area is 122 Å². The summed E-state index contributed by atoms with van der Waals surface area (Å²) >= 11 is 8.95. The van der Waals surface area contributed by atoms with Gasteiger partial charge in [0.2, 0.25) is 0 Å². The lowest BCUT2D eigenvalue weighted by Gasteiger charge is -2.07. The Morgan fingerprint density at radius 3 is 2.42 bits per heavy atom. The largest absolute Gasteiger partial charge is 0.288 e. The smallest absolute Gasteiger partial charge is 0.197 e. The molecule has 5 heteroatoms. The second kappa shape index (κ2) is 5.39. The molecule has 0 aliphatic heterocycles. The summed E-state index contributed by atoms with van der Waals surface area (Å²) in [5.41, 5.74) is 0.0851. The van der Waals surface area contributed by atoms with Gasteiger partial charge in [0.05, 0.1) is 5.56 Å². The summed E-state index contributed by atoms with van der Waals surface area (Å²) < 4.78 is 27.6. The molecule has 2 aromatic carbocycles. The quantitative estimate of drug-likeness (QED) is 0.706. The van der Waals surface area contributed by atoms with E-state index in [4.69, 9.17) is 11.6 Å². The molecule has 0 bridgehead atoms. The molecule has 19 heavy (non-hydrogen) atoms. The Balaban J connectivity index is 2.53. The van der Waals surface area contributed by atoms with E-state index in [-0.39, 0.29) is 16.7 Å². The van der Waals surface area contributed by atoms with Crippen molar-refractivity contribution in [2.24, 2.45) is 0 Å². The predicted octanol–water partition coefficient (Wildman–Crippen LogP) is 4.92. The van der Waals surface area contributed by atoms with Gasteiger partial charge in [0.25, 0.3) is 0 Å². The molecule has 0 atom stereocenters. The number of hydrogen-bond donors (Lipinski definition) is 0. The second-order valence-electron chi connectivity index (χ2n) is 4.03. The summed E-state index contributed by atoms with van der Waals surface area (Å²) in [5.74, 6) is -1.96. The third-order valence-corrected chi connectivity index (χ3v) is 3.56.